The molecule has 102 valence electrons. The van der Waals surface area contributed by atoms with Crippen molar-refractivity contribution in [1.82, 2.24) is 0 Å². The first kappa shape index (κ1) is 13.6. The molecule has 1 aromatic carbocycles. The third-order valence-corrected chi connectivity index (χ3v) is 3.89. The van der Waals surface area contributed by atoms with Gasteiger partial charge in [0.25, 0.3) is 0 Å². The van der Waals surface area contributed by atoms with E-state index in [-0.39, 0.29) is 17.4 Å². The molecule has 0 saturated heterocycles. The number of anilines is 1. The average Bonchev–Trinajstić information content (AvgIpc) is 2.86. The zero-order valence-corrected chi connectivity index (χ0v) is 11.3. The quantitative estimate of drug-likeness (QED) is 0.878. The average molecular weight is 261 g/mol. The molecule has 1 amide bonds. The summed E-state index contributed by atoms with van der Waals surface area (Å²) in [4.78, 5) is 23.2. The molecule has 2 N–H and O–H groups in total. The number of aryl methyl sites for hydroxylation is 1. The van der Waals surface area contributed by atoms with Crippen molar-refractivity contribution in [2.75, 3.05) is 5.32 Å². The number of aromatic carboxylic acids is 1. The Morgan fingerprint density at radius 3 is 2.42 bits per heavy atom. The number of nitrogens with one attached hydrogen (secondary N) is 1. The summed E-state index contributed by atoms with van der Waals surface area (Å²) in [6.07, 6.45) is 4.07. The minimum Gasteiger partial charge on any atom is -0.478 e. The predicted molar refractivity (Wildman–Crippen MR) is 73.5 cm³/mol. The lowest BCUT2D eigenvalue weighted by Crippen LogP contribution is -2.20. The molecule has 1 aliphatic carbocycles. The van der Waals surface area contributed by atoms with Gasteiger partial charge in [-0.25, -0.2) is 4.79 Å². The number of amides is 1. The largest absolute Gasteiger partial charge is 0.478 e. The van der Waals surface area contributed by atoms with Crippen LogP contribution >= 0.6 is 0 Å². The maximum atomic E-state index is 12.0. The van der Waals surface area contributed by atoms with Gasteiger partial charge in [0.1, 0.15) is 0 Å². The van der Waals surface area contributed by atoms with Crippen LogP contribution in [-0.2, 0) is 4.79 Å². The third kappa shape index (κ3) is 2.95. The van der Waals surface area contributed by atoms with Gasteiger partial charge < -0.3 is 10.4 Å². The molecule has 0 aliphatic heterocycles. The fourth-order valence-corrected chi connectivity index (χ4v) is 2.59. The zero-order valence-electron chi connectivity index (χ0n) is 11.3. The first-order valence-corrected chi connectivity index (χ1v) is 6.64. The highest BCUT2D eigenvalue weighted by Gasteiger charge is 2.23. The molecule has 4 heteroatoms. The van der Waals surface area contributed by atoms with Gasteiger partial charge in [0.15, 0.2) is 0 Å². The van der Waals surface area contributed by atoms with Gasteiger partial charge in [-0.05, 0) is 49.9 Å². The predicted octanol–water partition coefficient (Wildman–Crippen LogP) is 3.13. The second-order valence-corrected chi connectivity index (χ2v) is 5.24. The van der Waals surface area contributed by atoms with Crippen molar-refractivity contribution in [2.24, 2.45) is 5.92 Å². The van der Waals surface area contributed by atoms with Gasteiger partial charge in [-0.15, -0.1) is 0 Å². The summed E-state index contributed by atoms with van der Waals surface area (Å²) in [5, 5.41) is 12.0. The Morgan fingerprint density at radius 1 is 1.21 bits per heavy atom. The van der Waals surface area contributed by atoms with E-state index in [9.17, 15) is 9.59 Å². The van der Waals surface area contributed by atoms with E-state index in [1.807, 2.05) is 13.0 Å². The third-order valence-electron chi connectivity index (χ3n) is 3.89. The van der Waals surface area contributed by atoms with Gasteiger partial charge in [-0.3, -0.25) is 4.79 Å². The highest BCUT2D eigenvalue weighted by Crippen LogP contribution is 2.27. The first-order valence-electron chi connectivity index (χ1n) is 6.64. The number of carbonyl (C=O) groups is 2. The van der Waals surface area contributed by atoms with E-state index in [0.29, 0.717) is 5.69 Å². The van der Waals surface area contributed by atoms with Gasteiger partial charge in [-0.2, -0.15) is 0 Å². The van der Waals surface area contributed by atoms with Crippen LogP contribution in [0.15, 0.2) is 12.1 Å². The molecule has 0 unspecified atom stereocenters. The molecule has 0 aromatic heterocycles. The number of hydrogen-bond acceptors (Lipinski definition) is 2. The number of hydrogen-bond donors (Lipinski definition) is 2. The molecule has 4 nitrogen and oxygen atoms in total. The maximum absolute atomic E-state index is 12.0. The molecule has 1 saturated carbocycles. The van der Waals surface area contributed by atoms with E-state index in [0.717, 1.165) is 36.8 Å². The molecule has 1 aliphatic rings. The molecule has 1 fully saturated rings. The summed E-state index contributed by atoms with van der Waals surface area (Å²) >= 11 is 0. The van der Waals surface area contributed by atoms with Crippen LogP contribution in [0.25, 0.3) is 0 Å². The highest BCUT2D eigenvalue weighted by atomic mass is 16.4. The lowest BCUT2D eigenvalue weighted by Gasteiger charge is -2.13. The smallest absolute Gasteiger partial charge is 0.336 e. The van der Waals surface area contributed by atoms with Crippen LogP contribution in [0.2, 0.25) is 0 Å². The number of carboxylic acid groups (broad SMARTS) is 1. The van der Waals surface area contributed by atoms with Crippen LogP contribution in [0, 0.1) is 19.8 Å². The van der Waals surface area contributed by atoms with Crippen molar-refractivity contribution >= 4 is 17.6 Å². The first-order chi connectivity index (χ1) is 8.99. The molecule has 0 heterocycles. The van der Waals surface area contributed by atoms with Crippen LogP contribution in [0.5, 0.6) is 0 Å². The van der Waals surface area contributed by atoms with Gasteiger partial charge in [0, 0.05) is 11.6 Å². The Hall–Kier alpha value is -1.84. The molecule has 0 atom stereocenters. The topological polar surface area (TPSA) is 66.4 Å². The Bertz CT molecular complexity index is 516. The van der Waals surface area contributed by atoms with Crippen molar-refractivity contribution in [3.05, 3.63) is 28.8 Å². The molecule has 19 heavy (non-hydrogen) atoms. The Labute approximate surface area is 112 Å². The lowest BCUT2D eigenvalue weighted by atomic mass is 10.0. The van der Waals surface area contributed by atoms with Gasteiger partial charge in [0.05, 0.1) is 5.56 Å². The van der Waals surface area contributed by atoms with E-state index in [4.69, 9.17) is 5.11 Å². The summed E-state index contributed by atoms with van der Waals surface area (Å²) < 4.78 is 0. The summed E-state index contributed by atoms with van der Waals surface area (Å²) in [6, 6.07) is 3.37. The van der Waals surface area contributed by atoms with Crippen molar-refractivity contribution in [3.8, 4) is 0 Å². The summed E-state index contributed by atoms with van der Waals surface area (Å²) in [5.41, 5.74) is 2.45. The molecule has 1 aromatic rings. The van der Waals surface area contributed by atoms with E-state index in [1.54, 1.807) is 6.92 Å². The number of rotatable bonds is 3. The van der Waals surface area contributed by atoms with Crippen molar-refractivity contribution < 1.29 is 14.7 Å². The summed E-state index contributed by atoms with van der Waals surface area (Å²) in [7, 11) is 0. The number of benzene rings is 1. The van der Waals surface area contributed by atoms with Crippen molar-refractivity contribution in [3.63, 3.8) is 0 Å². The number of carbonyl (C=O) groups excluding carboxylic acids is 1. The van der Waals surface area contributed by atoms with E-state index in [2.05, 4.69) is 5.32 Å². The van der Waals surface area contributed by atoms with Crippen molar-refractivity contribution in [1.29, 1.82) is 0 Å². The fourth-order valence-electron chi connectivity index (χ4n) is 2.59. The Morgan fingerprint density at radius 2 is 1.84 bits per heavy atom. The summed E-state index contributed by atoms with van der Waals surface area (Å²) in [5.74, 6) is -0.871. The van der Waals surface area contributed by atoms with Crippen LogP contribution in [-0.4, -0.2) is 17.0 Å². The SMILES string of the molecule is Cc1cc(NC(=O)C2CCCC2)cc(C(=O)O)c1C. The second-order valence-electron chi connectivity index (χ2n) is 5.24. The van der Waals surface area contributed by atoms with E-state index in [1.165, 1.54) is 6.07 Å². The van der Waals surface area contributed by atoms with E-state index >= 15 is 0 Å². The minimum atomic E-state index is -0.961. The monoisotopic (exact) mass is 261 g/mol. The van der Waals surface area contributed by atoms with Crippen LogP contribution in [0.1, 0.15) is 47.2 Å². The molecule has 2 rings (SSSR count). The van der Waals surface area contributed by atoms with Gasteiger partial charge in [0.2, 0.25) is 5.91 Å². The fraction of sp³-hybridized carbons (Fsp3) is 0.467. The lowest BCUT2D eigenvalue weighted by molar-refractivity contribution is -0.119. The highest BCUT2D eigenvalue weighted by molar-refractivity contribution is 5.96. The van der Waals surface area contributed by atoms with Crippen molar-refractivity contribution in [2.45, 2.75) is 39.5 Å². The Kier molecular flexibility index (Phi) is 3.88. The van der Waals surface area contributed by atoms with E-state index < -0.39 is 5.97 Å². The van der Waals surface area contributed by atoms with Gasteiger partial charge >= 0.3 is 5.97 Å². The summed E-state index contributed by atoms with van der Waals surface area (Å²) in [6.45, 7) is 3.63. The maximum Gasteiger partial charge on any atom is 0.336 e. The van der Waals surface area contributed by atoms with Crippen LogP contribution in [0.4, 0.5) is 5.69 Å². The molecular formula is C15H19NO3. The van der Waals surface area contributed by atoms with Crippen LogP contribution in [0.3, 0.4) is 0 Å². The standard InChI is InChI=1S/C15H19NO3/c1-9-7-12(8-13(10(9)2)15(18)19)16-14(17)11-5-3-4-6-11/h7-8,11H,3-6H2,1-2H3,(H,16,17)(H,18,19). The zero-order chi connectivity index (χ0) is 14.0. The van der Waals surface area contributed by atoms with Gasteiger partial charge in [-0.1, -0.05) is 12.8 Å². The second kappa shape index (κ2) is 5.43. The molecule has 0 bridgehead atoms. The number of carboxylic acids is 1. The minimum absolute atomic E-state index is 0.0112. The normalized spacial score (nSPS) is 15.5. The van der Waals surface area contributed by atoms with Crippen LogP contribution < -0.4 is 5.32 Å². The Balaban J connectivity index is 2.20. The molecular weight excluding hydrogens is 242 g/mol. The molecule has 0 radical (unpaired) electrons. The molecule has 0 spiro atoms.